The Morgan fingerprint density at radius 3 is 2.29 bits per heavy atom. The SMILES string of the molecule is CCOc1ccccc1N(CC(=O)N(CCc1ccccc1)[C@H](CC)C(=O)NC1CCCCC1)S(C)(=O)=O. The average molecular weight is 544 g/mol. The highest BCUT2D eigenvalue weighted by Crippen LogP contribution is 2.30. The normalized spacial score (nSPS) is 14.9. The highest BCUT2D eigenvalue weighted by atomic mass is 32.2. The van der Waals surface area contributed by atoms with Crippen LogP contribution >= 0.6 is 0 Å². The Hall–Kier alpha value is -3.07. The Kier molecular flexibility index (Phi) is 11.0. The van der Waals surface area contributed by atoms with Gasteiger partial charge in [-0.1, -0.05) is 68.7 Å². The first-order valence-corrected chi connectivity index (χ1v) is 15.4. The van der Waals surface area contributed by atoms with Crippen LogP contribution in [0.25, 0.3) is 0 Å². The van der Waals surface area contributed by atoms with E-state index >= 15 is 0 Å². The summed E-state index contributed by atoms with van der Waals surface area (Å²) in [6.45, 7) is 3.92. The molecule has 0 bridgehead atoms. The van der Waals surface area contributed by atoms with Crippen molar-refractivity contribution in [1.82, 2.24) is 10.2 Å². The van der Waals surface area contributed by atoms with E-state index in [4.69, 9.17) is 4.74 Å². The first-order chi connectivity index (χ1) is 18.2. The molecule has 0 unspecified atom stereocenters. The number of nitrogens with one attached hydrogen (secondary N) is 1. The molecule has 38 heavy (non-hydrogen) atoms. The maximum absolute atomic E-state index is 13.9. The minimum atomic E-state index is -3.82. The number of anilines is 1. The molecule has 1 saturated carbocycles. The van der Waals surface area contributed by atoms with Crippen molar-refractivity contribution in [2.75, 3.05) is 30.3 Å². The van der Waals surface area contributed by atoms with E-state index in [0.29, 0.717) is 37.4 Å². The molecule has 0 spiro atoms. The predicted octanol–water partition coefficient (Wildman–Crippen LogP) is 4.15. The van der Waals surface area contributed by atoms with Crippen LogP contribution in [0.15, 0.2) is 54.6 Å². The Bertz CT molecular complexity index is 1150. The van der Waals surface area contributed by atoms with Crippen molar-refractivity contribution in [3.63, 3.8) is 0 Å². The third-order valence-electron chi connectivity index (χ3n) is 6.93. The average Bonchev–Trinajstić information content (AvgIpc) is 2.90. The van der Waals surface area contributed by atoms with Crippen LogP contribution < -0.4 is 14.4 Å². The molecule has 1 atom stereocenters. The third kappa shape index (κ3) is 8.21. The molecule has 1 aliphatic rings. The van der Waals surface area contributed by atoms with Gasteiger partial charge >= 0.3 is 0 Å². The highest BCUT2D eigenvalue weighted by Gasteiger charge is 2.33. The summed E-state index contributed by atoms with van der Waals surface area (Å²) in [5, 5.41) is 3.16. The van der Waals surface area contributed by atoms with Gasteiger partial charge in [0.2, 0.25) is 21.8 Å². The van der Waals surface area contributed by atoms with Gasteiger partial charge in [-0.15, -0.1) is 0 Å². The largest absolute Gasteiger partial charge is 0.492 e. The molecule has 1 aliphatic carbocycles. The van der Waals surface area contributed by atoms with Gasteiger partial charge in [-0.3, -0.25) is 13.9 Å². The molecule has 2 amide bonds. The van der Waals surface area contributed by atoms with Gasteiger partial charge in [-0.25, -0.2) is 8.42 Å². The van der Waals surface area contributed by atoms with Gasteiger partial charge in [0.1, 0.15) is 18.3 Å². The van der Waals surface area contributed by atoms with E-state index in [9.17, 15) is 18.0 Å². The Morgan fingerprint density at radius 1 is 1.00 bits per heavy atom. The van der Waals surface area contributed by atoms with Gasteiger partial charge in [-0.05, 0) is 50.3 Å². The molecule has 0 saturated heterocycles. The molecule has 0 heterocycles. The van der Waals surface area contributed by atoms with Crippen molar-refractivity contribution >= 4 is 27.5 Å². The molecule has 8 nitrogen and oxygen atoms in total. The quantitative estimate of drug-likeness (QED) is 0.410. The minimum Gasteiger partial charge on any atom is -0.492 e. The highest BCUT2D eigenvalue weighted by molar-refractivity contribution is 7.92. The summed E-state index contributed by atoms with van der Waals surface area (Å²) >= 11 is 0. The molecule has 0 aliphatic heterocycles. The number of ether oxygens (including phenoxy) is 1. The zero-order chi connectivity index (χ0) is 27.5. The van der Waals surface area contributed by atoms with Crippen molar-refractivity contribution in [2.45, 2.75) is 70.9 Å². The van der Waals surface area contributed by atoms with E-state index in [1.54, 1.807) is 29.2 Å². The van der Waals surface area contributed by atoms with Gasteiger partial charge in [0, 0.05) is 12.6 Å². The Labute approximate surface area is 227 Å². The van der Waals surface area contributed by atoms with Crippen LogP contribution in [0.5, 0.6) is 5.75 Å². The molecule has 208 valence electrons. The number of carbonyl (C=O) groups is 2. The summed E-state index contributed by atoms with van der Waals surface area (Å²) in [7, 11) is -3.82. The second kappa shape index (κ2) is 14.2. The first-order valence-electron chi connectivity index (χ1n) is 13.6. The van der Waals surface area contributed by atoms with Crippen LogP contribution in [0.3, 0.4) is 0 Å². The maximum Gasteiger partial charge on any atom is 0.244 e. The second-order valence-corrected chi connectivity index (χ2v) is 11.7. The lowest BCUT2D eigenvalue weighted by atomic mass is 9.95. The zero-order valence-electron chi connectivity index (χ0n) is 22.8. The second-order valence-electron chi connectivity index (χ2n) is 9.76. The number of sulfonamides is 1. The third-order valence-corrected chi connectivity index (χ3v) is 8.06. The molecule has 0 aromatic heterocycles. The van der Waals surface area contributed by atoms with E-state index in [0.717, 1.165) is 41.8 Å². The number of para-hydroxylation sites is 2. The number of amides is 2. The summed E-state index contributed by atoms with van der Waals surface area (Å²) in [6.07, 6.45) is 7.27. The van der Waals surface area contributed by atoms with Crippen molar-refractivity contribution in [1.29, 1.82) is 0 Å². The zero-order valence-corrected chi connectivity index (χ0v) is 23.6. The molecule has 9 heteroatoms. The van der Waals surface area contributed by atoms with E-state index in [-0.39, 0.29) is 11.9 Å². The van der Waals surface area contributed by atoms with Crippen molar-refractivity contribution in [3.8, 4) is 5.75 Å². The van der Waals surface area contributed by atoms with Gasteiger partial charge in [-0.2, -0.15) is 0 Å². The van der Waals surface area contributed by atoms with Crippen LogP contribution in [0.1, 0.15) is 57.9 Å². The number of benzene rings is 2. The summed E-state index contributed by atoms with van der Waals surface area (Å²) in [5.74, 6) is -0.226. The fourth-order valence-electron chi connectivity index (χ4n) is 4.98. The molecule has 1 fully saturated rings. The van der Waals surface area contributed by atoms with Crippen LogP contribution in [0, 0.1) is 0 Å². The molecular weight excluding hydrogens is 502 g/mol. The van der Waals surface area contributed by atoms with Gasteiger partial charge < -0.3 is 15.0 Å². The standard InChI is InChI=1S/C29H41N3O5S/c1-4-25(29(34)30-24-16-10-7-11-17-24)31(21-20-23-14-8-6-9-15-23)28(33)22-32(38(3,35)36)26-18-12-13-19-27(26)37-5-2/h6,8-9,12-15,18-19,24-25H,4-5,7,10-11,16-17,20-22H2,1-3H3,(H,30,34)/t25-/m1/s1. The van der Waals surface area contributed by atoms with Gasteiger partial charge in [0.15, 0.2) is 0 Å². The topological polar surface area (TPSA) is 96.0 Å². The fourth-order valence-corrected chi connectivity index (χ4v) is 5.83. The van der Waals surface area contributed by atoms with Crippen molar-refractivity contribution < 1.29 is 22.7 Å². The van der Waals surface area contributed by atoms with Crippen LogP contribution in [0.4, 0.5) is 5.69 Å². The summed E-state index contributed by atoms with van der Waals surface area (Å²) in [4.78, 5) is 28.8. The minimum absolute atomic E-state index is 0.113. The number of carbonyl (C=O) groups excluding carboxylic acids is 2. The Balaban J connectivity index is 1.89. The smallest absolute Gasteiger partial charge is 0.244 e. The van der Waals surface area contributed by atoms with Crippen LogP contribution in [0.2, 0.25) is 0 Å². The van der Waals surface area contributed by atoms with Crippen molar-refractivity contribution in [2.24, 2.45) is 0 Å². The molecule has 2 aromatic rings. The number of rotatable bonds is 13. The maximum atomic E-state index is 13.9. The number of hydrogen-bond donors (Lipinski definition) is 1. The molecule has 3 rings (SSSR count). The summed E-state index contributed by atoms with van der Waals surface area (Å²) in [6, 6.07) is 15.9. The Morgan fingerprint density at radius 2 is 1.66 bits per heavy atom. The fraction of sp³-hybridized carbons (Fsp3) is 0.517. The van der Waals surface area contributed by atoms with Gasteiger partial charge in [0.05, 0.1) is 18.6 Å². The van der Waals surface area contributed by atoms with E-state index < -0.39 is 28.5 Å². The van der Waals surface area contributed by atoms with Crippen molar-refractivity contribution in [3.05, 3.63) is 60.2 Å². The monoisotopic (exact) mass is 543 g/mol. The van der Waals surface area contributed by atoms with E-state index in [2.05, 4.69) is 5.32 Å². The lowest BCUT2D eigenvalue weighted by Crippen LogP contribution is -2.54. The summed E-state index contributed by atoms with van der Waals surface area (Å²) < 4.78 is 32.5. The summed E-state index contributed by atoms with van der Waals surface area (Å²) in [5.41, 5.74) is 1.34. The van der Waals surface area contributed by atoms with Gasteiger partial charge in [0.25, 0.3) is 0 Å². The number of nitrogens with zero attached hydrogens (tertiary/aromatic N) is 2. The number of hydrogen-bond acceptors (Lipinski definition) is 5. The van der Waals surface area contributed by atoms with Crippen LogP contribution in [-0.4, -0.2) is 63.2 Å². The molecule has 2 aromatic carbocycles. The molecular formula is C29H41N3O5S. The molecule has 1 N–H and O–H groups in total. The predicted molar refractivity (Wildman–Crippen MR) is 151 cm³/mol. The first kappa shape index (κ1) is 29.5. The lowest BCUT2D eigenvalue weighted by Gasteiger charge is -2.34. The van der Waals surface area contributed by atoms with E-state index in [1.165, 1.54) is 6.42 Å². The lowest BCUT2D eigenvalue weighted by molar-refractivity contribution is -0.140. The van der Waals surface area contributed by atoms with Crippen LogP contribution in [-0.2, 0) is 26.0 Å². The molecule has 0 radical (unpaired) electrons. The van der Waals surface area contributed by atoms with E-state index in [1.807, 2.05) is 44.2 Å².